The van der Waals surface area contributed by atoms with E-state index < -0.39 is 0 Å². The van der Waals surface area contributed by atoms with Gasteiger partial charge in [-0.3, -0.25) is 0 Å². The molecule has 0 radical (unpaired) electrons. The van der Waals surface area contributed by atoms with Gasteiger partial charge in [0.2, 0.25) is 0 Å². The molecule has 6 heteroatoms. The number of urea groups is 1. The molecule has 122 valence electrons. The smallest absolute Gasteiger partial charge is 0.318 e. The van der Waals surface area contributed by atoms with E-state index in [1.165, 1.54) is 0 Å². The minimum atomic E-state index is -0.150. The van der Waals surface area contributed by atoms with Crippen LogP contribution < -0.4 is 10.1 Å². The largest absolute Gasteiger partial charge is 0.494 e. The summed E-state index contributed by atoms with van der Waals surface area (Å²) in [7, 11) is 1.64. The molecule has 0 bridgehead atoms. The van der Waals surface area contributed by atoms with Gasteiger partial charge in [0.1, 0.15) is 5.75 Å². The Morgan fingerprint density at radius 1 is 1.32 bits per heavy atom. The summed E-state index contributed by atoms with van der Waals surface area (Å²) < 4.78 is 10.7. The van der Waals surface area contributed by atoms with Crippen molar-refractivity contribution >= 4 is 17.8 Å². The van der Waals surface area contributed by atoms with Crippen molar-refractivity contribution < 1.29 is 14.3 Å². The van der Waals surface area contributed by atoms with Crippen LogP contribution >= 0.6 is 11.8 Å². The van der Waals surface area contributed by atoms with Crippen molar-refractivity contribution in [3.8, 4) is 5.75 Å². The van der Waals surface area contributed by atoms with Gasteiger partial charge in [0, 0.05) is 31.7 Å². The zero-order valence-corrected chi connectivity index (χ0v) is 14.0. The standard InChI is InChI=1S/C16H24N2O3S/c1-3-21-14-6-4-13(5-7-14)15(12-20-2)17-16(19)18-8-10-22-11-9-18/h4-7,15H,3,8-12H2,1-2H3,(H,17,19). The van der Waals surface area contributed by atoms with Crippen LogP contribution in [0.5, 0.6) is 5.75 Å². The van der Waals surface area contributed by atoms with Crippen LogP contribution in [0.1, 0.15) is 18.5 Å². The molecule has 0 aliphatic carbocycles. The second-order valence-electron chi connectivity index (χ2n) is 5.06. The number of carbonyl (C=O) groups is 1. The Labute approximate surface area is 136 Å². The normalized spacial score (nSPS) is 16.2. The molecule has 5 nitrogen and oxygen atoms in total. The Hall–Kier alpha value is -1.40. The first-order valence-corrected chi connectivity index (χ1v) is 8.75. The number of ether oxygens (including phenoxy) is 2. The lowest BCUT2D eigenvalue weighted by molar-refractivity contribution is 0.156. The maximum absolute atomic E-state index is 12.4. The van der Waals surface area contributed by atoms with Gasteiger partial charge in [-0.05, 0) is 24.6 Å². The Morgan fingerprint density at radius 2 is 2.00 bits per heavy atom. The summed E-state index contributed by atoms with van der Waals surface area (Å²) in [6.07, 6.45) is 0. The van der Waals surface area contributed by atoms with Crippen LogP contribution in [-0.4, -0.2) is 55.8 Å². The molecule has 1 atom stereocenters. The van der Waals surface area contributed by atoms with Crippen LogP contribution in [0.4, 0.5) is 4.79 Å². The van der Waals surface area contributed by atoms with Crippen LogP contribution in [0.2, 0.25) is 0 Å². The van der Waals surface area contributed by atoms with E-state index in [1.54, 1.807) is 7.11 Å². The predicted octanol–water partition coefficient (Wildman–Crippen LogP) is 2.53. The molecule has 1 aromatic rings. The van der Waals surface area contributed by atoms with E-state index in [4.69, 9.17) is 9.47 Å². The van der Waals surface area contributed by atoms with E-state index in [2.05, 4.69) is 5.32 Å². The average Bonchev–Trinajstić information content (AvgIpc) is 2.56. The Bertz CT molecular complexity index is 461. The Kier molecular flexibility index (Phi) is 6.86. The van der Waals surface area contributed by atoms with Gasteiger partial charge >= 0.3 is 6.03 Å². The fourth-order valence-corrected chi connectivity index (χ4v) is 3.26. The number of amides is 2. The monoisotopic (exact) mass is 324 g/mol. The lowest BCUT2D eigenvalue weighted by Gasteiger charge is -2.29. The van der Waals surface area contributed by atoms with Crippen LogP contribution in [-0.2, 0) is 4.74 Å². The quantitative estimate of drug-likeness (QED) is 0.874. The molecule has 1 saturated heterocycles. The van der Waals surface area contributed by atoms with E-state index in [-0.39, 0.29) is 12.1 Å². The fraction of sp³-hybridized carbons (Fsp3) is 0.562. The molecule has 1 fully saturated rings. The SMILES string of the molecule is CCOc1ccc(C(COC)NC(=O)N2CCSCC2)cc1. The van der Waals surface area contributed by atoms with Gasteiger partial charge in [0.05, 0.1) is 19.3 Å². The van der Waals surface area contributed by atoms with Crippen molar-refractivity contribution in [3.63, 3.8) is 0 Å². The molecule has 1 heterocycles. The molecule has 0 aromatic heterocycles. The van der Waals surface area contributed by atoms with Crippen molar-refractivity contribution in [2.75, 3.05) is 44.9 Å². The zero-order chi connectivity index (χ0) is 15.8. The van der Waals surface area contributed by atoms with Crippen molar-refractivity contribution in [2.24, 2.45) is 0 Å². The second kappa shape index (κ2) is 8.90. The lowest BCUT2D eigenvalue weighted by Crippen LogP contribution is -2.46. The van der Waals surface area contributed by atoms with Gasteiger partial charge in [-0.1, -0.05) is 12.1 Å². The minimum absolute atomic E-state index is 0.0174. The maximum atomic E-state index is 12.4. The van der Waals surface area contributed by atoms with Crippen molar-refractivity contribution in [1.82, 2.24) is 10.2 Å². The number of nitrogens with zero attached hydrogens (tertiary/aromatic N) is 1. The summed E-state index contributed by atoms with van der Waals surface area (Å²) >= 11 is 1.89. The third-order valence-electron chi connectivity index (χ3n) is 3.52. The van der Waals surface area contributed by atoms with Gasteiger partial charge < -0.3 is 19.7 Å². The summed E-state index contributed by atoms with van der Waals surface area (Å²) in [5.74, 6) is 2.85. The molecule has 2 rings (SSSR count). The first-order chi connectivity index (χ1) is 10.7. The summed E-state index contributed by atoms with van der Waals surface area (Å²) in [4.78, 5) is 14.2. The first-order valence-electron chi connectivity index (χ1n) is 7.59. The highest BCUT2D eigenvalue weighted by molar-refractivity contribution is 7.99. The molecule has 2 amide bonds. The fourth-order valence-electron chi connectivity index (χ4n) is 2.36. The Morgan fingerprint density at radius 3 is 2.59 bits per heavy atom. The number of hydrogen-bond acceptors (Lipinski definition) is 4. The second-order valence-corrected chi connectivity index (χ2v) is 6.28. The van der Waals surface area contributed by atoms with Crippen LogP contribution in [0.15, 0.2) is 24.3 Å². The molecule has 0 spiro atoms. The summed E-state index contributed by atoms with van der Waals surface area (Å²) in [6, 6.07) is 7.62. The number of carbonyl (C=O) groups excluding carboxylic acids is 1. The van der Waals surface area contributed by atoms with Crippen molar-refractivity contribution in [1.29, 1.82) is 0 Å². The van der Waals surface area contributed by atoms with Gasteiger partial charge in [0.15, 0.2) is 0 Å². The number of rotatable bonds is 6. The number of hydrogen-bond donors (Lipinski definition) is 1. The highest BCUT2D eigenvalue weighted by Gasteiger charge is 2.21. The van der Waals surface area contributed by atoms with E-state index in [1.807, 2.05) is 47.9 Å². The zero-order valence-electron chi connectivity index (χ0n) is 13.2. The van der Waals surface area contributed by atoms with E-state index in [0.29, 0.717) is 13.2 Å². The minimum Gasteiger partial charge on any atom is -0.494 e. The third kappa shape index (κ3) is 4.81. The molecule has 1 aromatic carbocycles. The summed E-state index contributed by atoms with van der Waals surface area (Å²) in [5, 5.41) is 3.07. The predicted molar refractivity (Wildman–Crippen MR) is 89.7 cm³/mol. The number of thioether (sulfide) groups is 1. The Balaban J connectivity index is 2.00. The number of nitrogens with one attached hydrogen (secondary N) is 1. The topological polar surface area (TPSA) is 50.8 Å². The van der Waals surface area contributed by atoms with Crippen LogP contribution in [0.3, 0.4) is 0 Å². The highest BCUT2D eigenvalue weighted by Crippen LogP contribution is 2.19. The van der Waals surface area contributed by atoms with Crippen LogP contribution in [0.25, 0.3) is 0 Å². The molecule has 1 unspecified atom stereocenters. The molecule has 22 heavy (non-hydrogen) atoms. The number of methoxy groups -OCH3 is 1. The van der Waals surface area contributed by atoms with Gasteiger partial charge in [0.25, 0.3) is 0 Å². The highest BCUT2D eigenvalue weighted by atomic mass is 32.2. The van der Waals surface area contributed by atoms with Gasteiger partial charge in [-0.25, -0.2) is 4.79 Å². The molecule has 0 saturated carbocycles. The summed E-state index contributed by atoms with van der Waals surface area (Å²) in [5.41, 5.74) is 1.02. The number of benzene rings is 1. The summed E-state index contributed by atoms with van der Waals surface area (Å²) in [6.45, 7) is 4.66. The van der Waals surface area contributed by atoms with Crippen LogP contribution in [0, 0.1) is 0 Å². The molecular weight excluding hydrogens is 300 g/mol. The van der Waals surface area contributed by atoms with Crippen molar-refractivity contribution in [3.05, 3.63) is 29.8 Å². The molecular formula is C16H24N2O3S. The molecule has 1 aliphatic rings. The van der Waals surface area contributed by atoms with Gasteiger partial charge in [-0.2, -0.15) is 11.8 Å². The van der Waals surface area contributed by atoms with Gasteiger partial charge in [-0.15, -0.1) is 0 Å². The lowest BCUT2D eigenvalue weighted by atomic mass is 10.1. The maximum Gasteiger partial charge on any atom is 0.318 e. The van der Waals surface area contributed by atoms with E-state index in [9.17, 15) is 4.79 Å². The third-order valence-corrected chi connectivity index (χ3v) is 4.47. The molecule has 1 N–H and O–H groups in total. The average molecular weight is 324 g/mol. The van der Waals surface area contributed by atoms with E-state index >= 15 is 0 Å². The molecule has 1 aliphatic heterocycles. The van der Waals surface area contributed by atoms with E-state index in [0.717, 1.165) is 35.9 Å². The van der Waals surface area contributed by atoms with Crippen molar-refractivity contribution in [2.45, 2.75) is 13.0 Å². The first kappa shape index (κ1) is 17.0.